The summed E-state index contributed by atoms with van der Waals surface area (Å²) in [6, 6.07) is 18.8. The fourth-order valence-electron chi connectivity index (χ4n) is 3.23. The average molecular weight is 385 g/mol. The van der Waals surface area contributed by atoms with Gasteiger partial charge in [-0.3, -0.25) is 4.98 Å². The summed E-state index contributed by atoms with van der Waals surface area (Å²) >= 11 is 0. The van der Waals surface area contributed by atoms with Gasteiger partial charge in [-0.05, 0) is 54.8 Å². The zero-order valence-corrected chi connectivity index (χ0v) is 15.8. The van der Waals surface area contributed by atoms with E-state index in [1.54, 1.807) is 6.07 Å². The number of aromatic nitrogens is 1. The van der Waals surface area contributed by atoms with E-state index in [-0.39, 0.29) is 5.92 Å². The van der Waals surface area contributed by atoms with Crippen molar-refractivity contribution in [2.24, 2.45) is 0 Å². The number of aryl methyl sites for hydroxylation is 1. The molecule has 2 nitrogen and oxygen atoms in total. The average Bonchev–Trinajstić information content (AvgIpc) is 2.68. The second-order valence-corrected chi connectivity index (χ2v) is 6.71. The lowest BCUT2D eigenvalue weighted by molar-refractivity contribution is -0.137. The van der Waals surface area contributed by atoms with Crippen LogP contribution in [0, 0.1) is 6.92 Å². The number of alkyl halides is 3. The number of nitrogens with zero attached hydrogens (tertiary/aromatic N) is 1. The van der Waals surface area contributed by atoms with Crippen LogP contribution in [0.3, 0.4) is 0 Å². The van der Waals surface area contributed by atoms with E-state index in [0.717, 1.165) is 23.0 Å². The third-order valence-electron chi connectivity index (χ3n) is 4.64. The summed E-state index contributed by atoms with van der Waals surface area (Å²) in [5, 5.41) is 0. The Hall–Kier alpha value is -2.82. The van der Waals surface area contributed by atoms with Crippen molar-refractivity contribution >= 4 is 0 Å². The summed E-state index contributed by atoms with van der Waals surface area (Å²) in [6.45, 7) is 4.27. The Bertz CT molecular complexity index is 920. The van der Waals surface area contributed by atoms with Gasteiger partial charge in [-0.2, -0.15) is 13.2 Å². The third-order valence-corrected chi connectivity index (χ3v) is 4.64. The van der Waals surface area contributed by atoms with Gasteiger partial charge in [-0.1, -0.05) is 43.3 Å². The van der Waals surface area contributed by atoms with Gasteiger partial charge in [0, 0.05) is 11.6 Å². The van der Waals surface area contributed by atoms with Crippen molar-refractivity contribution in [3.05, 3.63) is 94.8 Å². The first kappa shape index (κ1) is 19.9. The third kappa shape index (κ3) is 4.91. The van der Waals surface area contributed by atoms with Crippen molar-refractivity contribution in [2.45, 2.75) is 39.0 Å². The lowest BCUT2D eigenvalue weighted by Gasteiger charge is -2.18. The van der Waals surface area contributed by atoms with Crippen molar-refractivity contribution in [3.8, 4) is 5.75 Å². The van der Waals surface area contributed by atoms with Gasteiger partial charge in [0.05, 0.1) is 11.3 Å². The van der Waals surface area contributed by atoms with Crippen molar-refractivity contribution in [1.82, 2.24) is 4.98 Å². The fourth-order valence-corrected chi connectivity index (χ4v) is 3.23. The van der Waals surface area contributed by atoms with Crippen molar-refractivity contribution in [2.75, 3.05) is 0 Å². The molecule has 0 aliphatic carbocycles. The zero-order chi connectivity index (χ0) is 20.1. The monoisotopic (exact) mass is 385 g/mol. The van der Waals surface area contributed by atoms with Crippen LogP contribution in [0.2, 0.25) is 0 Å². The van der Waals surface area contributed by atoms with Gasteiger partial charge in [0.15, 0.2) is 0 Å². The van der Waals surface area contributed by atoms with Crippen molar-refractivity contribution in [1.29, 1.82) is 0 Å². The smallest absolute Gasteiger partial charge is 0.416 e. The van der Waals surface area contributed by atoms with Crippen LogP contribution in [-0.4, -0.2) is 4.98 Å². The molecule has 146 valence electrons. The molecule has 5 heteroatoms. The summed E-state index contributed by atoms with van der Waals surface area (Å²) < 4.78 is 44.8. The lowest BCUT2D eigenvalue weighted by atomic mass is 9.88. The van der Waals surface area contributed by atoms with Gasteiger partial charge in [0.2, 0.25) is 0 Å². The number of halogens is 3. The molecule has 1 heterocycles. The van der Waals surface area contributed by atoms with Crippen LogP contribution < -0.4 is 4.74 Å². The van der Waals surface area contributed by atoms with E-state index >= 15 is 0 Å². The Morgan fingerprint density at radius 2 is 1.64 bits per heavy atom. The molecule has 3 aromatic rings. The molecule has 0 saturated carbocycles. The molecule has 28 heavy (non-hydrogen) atoms. The van der Waals surface area contributed by atoms with Crippen LogP contribution in [0.4, 0.5) is 13.2 Å². The molecule has 0 saturated heterocycles. The molecule has 2 aromatic carbocycles. The molecule has 0 bridgehead atoms. The summed E-state index contributed by atoms with van der Waals surface area (Å²) in [5.74, 6) is 0.598. The predicted molar refractivity (Wildman–Crippen MR) is 103 cm³/mol. The van der Waals surface area contributed by atoms with E-state index in [2.05, 4.69) is 4.98 Å². The van der Waals surface area contributed by atoms with Crippen LogP contribution in [0.5, 0.6) is 5.75 Å². The van der Waals surface area contributed by atoms with E-state index in [9.17, 15) is 13.2 Å². The minimum Gasteiger partial charge on any atom is -0.487 e. The topological polar surface area (TPSA) is 22.1 Å². The number of benzene rings is 2. The second kappa shape index (κ2) is 8.46. The van der Waals surface area contributed by atoms with Gasteiger partial charge < -0.3 is 4.74 Å². The van der Waals surface area contributed by atoms with Crippen LogP contribution in [0.25, 0.3) is 0 Å². The minimum atomic E-state index is -4.34. The number of hydrogen-bond acceptors (Lipinski definition) is 2. The molecule has 1 unspecified atom stereocenters. The van der Waals surface area contributed by atoms with Crippen LogP contribution >= 0.6 is 0 Å². The van der Waals surface area contributed by atoms with Gasteiger partial charge in [-0.15, -0.1) is 0 Å². The Labute approximate surface area is 163 Å². The first-order chi connectivity index (χ1) is 13.4. The van der Waals surface area contributed by atoms with Crippen molar-refractivity contribution < 1.29 is 17.9 Å². The van der Waals surface area contributed by atoms with E-state index in [1.807, 2.05) is 56.3 Å². The summed E-state index contributed by atoms with van der Waals surface area (Å²) in [5.41, 5.74) is 2.79. The highest BCUT2D eigenvalue weighted by atomic mass is 19.4. The maximum Gasteiger partial charge on any atom is 0.416 e. The van der Waals surface area contributed by atoms with Crippen LogP contribution in [0.1, 0.15) is 47.3 Å². The van der Waals surface area contributed by atoms with E-state index < -0.39 is 11.7 Å². The molecule has 0 aliphatic rings. The highest BCUT2D eigenvalue weighted by Gasteiger charge is 2.31. The number of rotatable bonds is 6. The molecule has 3 rings (SSSR count). The summed E-state index contributed by atoms with van der Waals surface area (Å²) in [4.78, 5) is 4.40. The first-order valence-corrected chi connectivity index (χ1v) is 9.19. The van der Waals surface area contributed by atoms with E-state index in [0.29, 0.717) is 24.3 Å². The molecule has 0 aliphatic heterocycles. The van der Waals surface area contributed by atoms with Crippen LogP contribution in [0.15, 0.2) is 66.7 Å². The molecular formula is C23H22F3NO. The Morgan fingerprint density at radius 3 is 2.29 bits per heavy atom. The number of hydrogen-bond donors (Lipinski definition) is 0. The van der Waals surface area contributed by atoms with E-state index in [4.69, 9.17) is 4.74 Å². The summed E-state index contributed by atoms with van der Waals surface area (Å²) in [7, 11) is 0. The first-order valence-electron chi connectivity index (χ1n) is 9.19. The van der Waals surface area contributed by atoms with Gasteiger partial charge in [0.1, 0.15) is 12.4 Å². The summed E-state index contributed by atoms with van der Waals surface area (Å²) in [6.07, 6.45) is -3.63. The zero-order valence-electron chi connectivity index (χ0n) is 15.8. The van der Waals surface area contributed by atoms with Gasteiger partial charge in [0.25, 0.3) is 0 Å². The number of ether oxygens (including phenoxy) is 1. The largest absolute Gasteiger partial charge is 0.487 e. The second-order valence-electron chi connectivity index (χ2n) is 6.71. The Balaban J connectivity index is 1.74. The molecule has 0 N–H and O–H groups in total. The Morgan fingerprint density at radius 1 is 0.929 bits per heavy atom. The van der Waals surface area contributed by atoms with Gasteiger partial charge >= 0.3 is 6.18 Å². The molecule has 0 radical (unpaired) electrons. The van der Waals surface area contributed by atoms with Gasteiger partial charge in [-0.25, -0.2) is 0 Å². The number of pyridine rings is 1. The quantitative estimate of drug-likeness (QED) is 0.481. The fraction of sp³-hybridized carbons (Fsp3) is 0.261. The molecular weight excluding hydrogens is 363 g/mol. The maximum absolute atomic E-state index is 13.0. The SMILES string of the molecule is CCC(c1ccc(OCc2cccc(C)n2)cc1)c1cccc(C(F)(F)F)c1. The molecule has 0 fully saturated rings. The molecule has 1 aromatic heterocycles. The maximum atomic E-state index is 13.0. The normalized spacial score (nSPS) is 12.6. The van der Waals surface area contributed by atoms with Crippen LogP contribution in [-0.2, 0) is 12.8 Å². The molecule has 1 atom stereocenters. The molecule has 0 spiro atoms. The lowest BCUT2D eigenvalue weighted by Crippen LogP contribution is -2.07. The van der Waals surface area contributed by atoms with E-state index in [1.165, 1.54) is 12.1 Å². The Kier molecular flexibility index (Phi) is 6.02. The highest BCUT2D eigenvalue weighted by Crippen LogP contribution is 2.34. The standard InChI is InChI=1S/C23H22F3NO/c1-3-22(18-7-5-8-19(14-18)23(24,25)26)17-10-12-21(13-11-17)28-15-20-9-4-6-16(2)27-20/h4-14,22H,3,15H2,1-2H3. The molecule has 0 amide bonds. The predicted octanol–water partition coefficient (Wildman–Crippen LogP) is 6.53. The minimum absolute atomic E-state index is 0.102. The van der Waals surface area contributed by atoms with Crippen molar-refractivity contribution in [3.63, 3.8) is 0 Å². The highest BCUT2D eigenvalue weighted by molar-refractivity contribution is 5.38.